The van der Waals surface area contributed by atoms with Gasteiger partial charge in [0.05, 0.1) is 5.69 Å². The third-order valence-electron chi connectivity index (χ3n) is 4.22. The summed E-state index contributed by atoms with van der Waals surface area (Å²) in [6, 6.07) is 9.29. The van der Waals surface area contributed by atoms with Crippen LogP contribution in [0.3, 0.4) is 0 Å². The van der Waals surface area contributed by atoms with Crippen molar-refractivity contribution in [2.24, 2.45) is 0 Å². The molecule has 4 rings (SSSR count). The van der Waals surface area contributed by atoms with Gasteiger partial charge in [-0.15, -0.1) is 0 Å². The molecule has 4 nitrogen and oxygen atoms in total. The first kappa shape index (κ1) is 15.4. The van der Waals surface area contributed by atoms with E-state index in [1.165, 1.54) is 24.5 Å². The van der Waals surface area contributed by atoms with Gasteiger partial charge in [-0.25, -0.2) is 18.2 Å². The van der Waals surface area contributed by atoms with Crippen LogP contribution in [-0.4, -0.2) is 15.5 Å². The van der Waals surface area contributed by atoms with Crippen LogP contribution in [0.2, 0.25) is 0 Å². The number of nitrogens with zero attached hydrogens (tertiary/aromatic N) is 2. The highest BCUT2D eigenvalue weighted by molar-refractivity contribution is 5.94. The Morgan fingerprint density at radius 2 is 1.80 bits per heavy atom. The van der Waals surface area contributed by atoms with E-state index in [-0.39, 0.29) is 18.1 Å². The van der Waals surface area contributed by atoms with Crippen LogP contribution >= 0.6 is 0 Å². The summed E-state index contributed by atoms with van der Waals surface area (Å²) in [5, 5.41) is 2.75. The molecule has 0 saturated heterocycles. The predicted molar refractivity (Wildman–Crippen MR) is 85.0 cm³/mol. The van der Waals surface area contributed by atoms with Crippen LogP contribution in [-0.2, 0) is 4.79 Å². The standard InChI is InChI=1S/C18H12F3N3O/c19-11-2-4-12(5-3-11)24-9-22-17-13(8-16(25)23-18(17)24)10-1-6-14(20)15(21)7-10/h1-7,9,13H,8H2,(H,23,25)/t13-/m0/s1. The van der Waals surface area contributed by atoms with E-state index >= 15 is 0 Å². The zero-order chi connectivity index (χ0) is 17.6. The number of fused-ring (bicyclic) bond motifs is 1. The number of carbonyl (C=O) groups excluding carboxylic acids is 1. The molecule has 0 spiro atoms. The highest BCUT2D eigenvalue weighted by atomic mass is 19.2. The highest BCUT2D eigenvalue weighted by Gasteiger charge is 2.31. The van der Waals surface area contributed by atoms with Crippen LogP contribution in [0.15, 0.2) is 48.8 Å². The number of amides is 1. The van der Waals surface area contributed by atoms with Crippen molar-refractivity contribution in [1.29, 1.82) is 0 Å². The van der Waals surface area contributed by atoms with Crippen LogP contribution in [0.4, 0.5) is 19.0 Å². The van der Waals surface area contributed by atoms with Gasteiger partial charge in [-0.3, -0.25) is 9.36 Å². The number of halogens is 3. The zero-order valence-electron chi connectivity index (χ0n) is 12.8. The number of aromatic nitrogens is 2. The van der Waals surface area contributed by atoms with Gasteiger partial charge in [0.25, 0.3) is 0 Å². The molecule has 25 heavy (non-hydrogen) atoms. The second-order valence-corrected chi connectivity index (χ2v) is 5.80. The lowest BCUT2D eigenvalue weighted by atomic mass is 9.89. The number of hydrogen-bond acceptors (Lipinski definition) is 2. The van der Waals surface area contributed by atoms with E-state index < -0.39 is 17.6 Å². The summed E-state index contributed by atoms with van der Waals surface area (Å²) in [7, 11) is 0. The maximum absolute atomic E-state index is 13.6. The van der Waals surface area contributed by atoms with Crippen molar-refractivity contribution >= 4 is 11.7 Å². The molecule has 1 atom stereocenters. The molecule has 2 heterocycles. The first-order chi connectivity index (χ1) is 12.0. The summed E-state index contributed by atoms with van der Waals surface area (Å²) in [4.78, 5) is 16.5. The normalized spacial score (nSPS) is 16.4. The summed E-state index contributed by atoms with van der Waals surface area (Å²) in [6.45, 7) is 0. The lowest BCUT2D eigenvalue weighted by molar-refractivity contribution is -0.116. The van der Waals surface area contributed by atoms with Crippen LogP contribution < -0.4 is 5.32 Å². The van der Waals surface area contributed by atoms with E-state index in [1.54, 1.807) is 16.7 Å². The van der Waals surface area contributed by atoms with E-state index in [2.05, 4.69) is 10.3 Å². The molecule has 3 aromatic rings. The molecule has 1 N–H and O–H groups in total. The molecule has 2 aromatic carbocycles. The first-order valence-corrected chi connectivity index (χ1v) is 7.61. The van der Waals surface area contributed by atoms with E-state index in [0.717, 1.165) is 12.1 Å². The second kappa shape index (κ2) is 5.77. The first-order valence-electron chi connectivity index (χ1n) is 7.61. The maximum atomic E-state index is 13.6. The third-order valence-corrected chi connectivity index (χ3v) is 4.22. The van der Waals surface area contributed by atoms with E-state index in [1.807, 2.05) is 0 Å². The molecular weight excluding hydrogens is 331 g/mol. The van der Waals surface area contributed by atoms with Crippen molar-refractivity contribution in [3.05, 3.63) is 77.5 Å². The molecular formula is C18H12F3N3O. The number of hydrogen-bond donors (Lipinski definition) is 1. The molecule has 126 valence electrons. The molecule has 1 aliphatic rings. The smallest absolute Gasteiger partial charge is 0.226 e. The molecule has 1 aromatic heterocycles. The molecule has 7 heteroatoms. The van der Waals surface area contributed by atoms with Crippen molar-refractivity contribution in [3.63, 3.8) is 0 Å². The molecule has 1 aliphatic heterocycles. The fourth-order valence-corrected chi connectivity index (χ4v) is 3.01. The van der Waals surface area contributed by atoms with Gasteiger partial charge >= 0.3 is 0 Å². The van der Waals surface area contributed by atoms with Crippen molar-refractivity contribution in [2.45, 2.75) is 12.3 Å². The monoisotopic (exact) mass is 343 g/mol. The summed E-state index contributed by atoms with van der Waals surface area (Å²) in [6.07, 6.45) is 1.59. The average molecular weight is 343 g/mol. The van der Waals surface area contributed by atoms with Gasteiger partial charge < -0.3 is 5.32 Å². The average Bonchev–Trinajstić information content (AvgIpc) is 3.01. The van der Waals surface area contributed by atoms with Crippen LogP contribution in [0.25, 0.3) is 5.69 Å². The SMILES string of the molecule is O=C1C[C@@H](c2ccc(F)c(F)c2)c2ncn(-c3ccc(F)cc3)c2N1. The third kappa shape index (κ3) is 2.67. The Labute approximate surface area is 140 Å². The fraction of sp³-hybridized carbons (Fsp3) is 0.111. The number of benzene rings is 2. The van der Waals surface area contributed by atoms with Gasteiger partial charge in [0.2, 0.25) is 5.91 Å². The van der Waals surface area contributed by atoms with Gasteiger partial charge in [-0.05, 0) is 42.0 Å². The number of imidazole rings is 1. The van der Waals surface area contributed by atoms with Crippen LogP contribution in [0.1, 0.15) is 23.6 Å². The maximum Gasteiger partial charge on any atom is 0.226 e. The molecule has 0 radical (unpaired) electrons. The minimum Gasteiger partial charge on any atom is -0.310 e. The minimum absolute atomic E-state index is 0.0818. The summed E-state index contributed by atoms with van der Waals surface area (Å²) < 4.78 is 41.5. The van der Waals surface area contributed by atoms with Gasteiger partial charge in [0.1, 0.15) is 18.0 Å². The van der Waals surface area contributed by atoms with Crippen LogP contribution in [0.5, 0.6) is 0 Å². The Morgan fingerprint density at radius 1 is 1.04 bits per heavy atom. The Morgan fingerprint density at radius 3 is 2.52 bits per heavy atom. The Kier molecular flexibility index (Phi) is 3.56. The Hall–Kier alpha value is -3.09. The van der Waals surface area contributed by atoms with Gasteiger partial charge in [-0.1, -0.05) is 6.07 Å². The van der Waals surface area contributed by atoms with E-state index in [9.17, 15) is 18.0 Å². The second-order valence-electron chi connectivity index (χ2n) is 5.80. The number of nitrogens with one attached hydrogen (secondary N) is 1. The number of carbonyl (C=O) groups is 1. The van der Waals surface area contributed by atoms with Gasteiger partial charge in [0, 0.05) is 18.0 Å². The molecule has 0 aliphatic carbocycles. The molecule has 0 saturated carbocycles. The number of anilines is 1. The highest BCUT2D eigenvalue weighted by Crippen LogP contribution is 2.37. The van der Waals surface area contributed by atoms with Crippen molar-refractivity contribution in [3.8, 4) is 5.69 Å². The summed E-state index contributed by atoms with van der Waals surface area (Å²) in [5.41, 5.74) is 1.65. The van der Waals surface area contributed by atoms with E-state index in [0.29, 0.717) is 22.8 Å². The summed E-state index contributed by atoms with van der Waals surface area (Å²) >= 11 is 0. The lowest BCUT2D eigenvalue weighted by Gasteiger charge is -2.23. The quantitative estimate of drug-likeness (QED) is 0.770. The molecule has 1 amide bonds. The number of rotatable bonds is 2. The molecule has 0 bridgehead atoms. The van der Waals surface area contributed by atoms with Crippen LogP contribution in [0, 0.1) is 17.5 Å². The largest absolute Gasteiger partial charge is 0.310 e. The molecule has 0 unspecified atom stereocenters. The minimum atomic E-state index is -0.969. The zero-order valence-corrected chi connectivity index (χ0v) is 12.8. The Bertz CT molecular complexity index is 966. The van der Waals surface area contributed by atoms with Crippen molar-refractivity contribution < 1.29 is 18.0 Å². The van der Waals surface area contributed by atoms with Gasteiger partial charge in [-0.2, -0.15) is 0 Å². The van der Waals surface area contributed by atoms with Crippen molar-refractivity contribution in [1.82, 2.24) is 9.55 Å². The topological polar surface area (TPSA) is 46.9 Å². The fourth-order valence-electron chi connectivity index (χ4n) is 3.01. The summed E-state index contributed by atoms with van der Waals surface area (Å²) in [5.74, 6) is -2.59. The van der Waals surface area contributed by atoms with Crippen molar-refractivity contribution in [2.75, 3.05) is 5.32 Å². The predicted octanol–water partition coefficient (Wildman–Crippen LogP) is 3.76. The van der Waals surface area contributed by atoms with Gasteiger partial charge in [0.15, 0.2) is 11.6 Å². The molecule has 0 fully saturated rings. The lowest BCUT2D eigenvalue weighted by Crippen LogP contribution is -2.25. The Balaban J connectivity index is 1.81. The van der Waals surface area contributed by atoms with E-state index in [4.69, 9.17) is 0 Å².